The molecule has 13 heteroatoms. The van der Waals surface area contributed by atoms with Gasteiger partial charge in [0.15, 0.2) is 11.4 Å². The Bertz CT molecular complexity index is 1420. The summed E-state index contributed by atoms with van der Waals surface area (Å²) in [5.74, 6) is -5.92. The monoisotopic (exact) mass is 575 g/mol. The second kappa shape index (κ2) is 13.4. The van der Waals surface area contributed by atoms with Crippen LogP contribution in [0.1, 0.15) is 42.4 Å². The second-order valence-electron chi connectivity index (χ2n) is 8.48. The Morgan fingerprint density at radius 2 is 1.46 bits per heavy atom. The Morgan fingerprint density at radius 1 is 0.927 bits per heavy atom. The maximum atomic E-state index is 14.0. The standard InChI is InChI=1S/C28H25F4N3O6/c1-5-40-28(38)41-25-22(39-4)6-7-33-24(25)27(37)35-15(3)26(36)34-14(2)23(16-8-18(29)12-19(30)9-16)17-10-20(31)13-21(32)11-17/h6-13,15H,5H2,1-4H3,(H,34,36)(H,35,37)/t15-/m0/s1. The normalized spacial score (nSPS) is 11.2. The number of amides is 2. The highest BCUT2D eigenvalue weighted by Gasteiger charge is 2.26. The summed E-state index contributed by atoms with van der Waals surface area (Å²) in [6.07, 6.45) is 0.0980. The molecular weight excluding hydrogens is 550 g/mol. The first kappa shape index (κ1) is 30.6. The van der Waals surface area contributed by atoms with Crippen LogP contribution in [-0.4, -0.2) is 42.7 Å². The summed E-state index contributed by atoms with van der Waals surface area (Å²) >= 11 is 0. The number of benzene rings is 2. The van der Waals surface area contributed by atoms with Crippen LogP contribution in [0.4, 0.5) is 22.4 Å². The van der Waals surface area contributed by atoms with Gasteiger partial charge in [-0.2, -0.15) is 0 Å². The van der Waals surface area contributed by atoms with Crippen LogP contribution in [0, 0.1) is 23.3 Å². The molecule has 41 heavy (non-hydrogen) atoms. The number of carbonyl (C=O) groups excluding carboxylic acids is 3. The van der Waals surface area contributed by atoms with Gasteiger partial charge in [-0.25, -0.2) is 27.3 Å². The van der Waals surface area contributed by atoms with Gasteiger partial charge in [-0.3, -0.25) is 9.59 Å². The molecule has 3 rings (SSSR count). The van der Waals surface area contributed by atoms with Crippen molar-refractivity contribution in [2.24, 2.45) is 0 Å². The smallest absolute Gasteiger partial charge is 0.493 e. The molecule has 1 heterocycles. The van der Waals surface area contributed by atoms with Crippen molar-refractivity contribution >= 4 is 23.5 Å². The summed E-state index contributed by atoms with van der Waals surface area (Å²) in [4.78, 5) is 41.8. The summed E-state index contributed by atoms with van der Waals surface area (Å²) in [6, 6.07) is 5.04. The number of methoxy groups -OCH3 is 1. The fourth-order valence-corrected chi connectivity index (χ4v) is 3.76. The molecule has 0 saturated carbocycles. The molecule has 0 aliphatic heterocycles. The van der Waals surface area contributed by atoms with E-state index in [0.717, 1.165) is 24.3 Å². The molecule has 9 nitrogen and oxygen atoms in total. The zero-order valence-corrected chi connectivity index (χ0v) is 22.3. The molecular formula is C28H25F4N3O6. The molecule has 0 bridgehead atoms. The van der Waals surface area contributed by atoms with Gasteiger partial charge in [-0.1, -0.05) is 0 Å². The molecule has 0 radical (unpaired) electrons. The van der Waals surface area contributed by atoms with Gasteiger partial charge >= 0.3 is 6.16 Å². The summed E-state index contributed by atoms with van der Waals surface area (Å²) in [7, 11) is 1.27. The van der Waals surface area contributed by atoms with Crippen molar-refractivity contribution in [2.45, 2.75) is 26.8 Å². The van der Waals surface area contributed by atoms with E-state index < -0.39 is 53.0 Å². The summed E-state index contributed by atoms with van der Waals surface area (Å²) in [5.41, 5.74) is -0.715. The van der Waals surface area contributed by atoms with Crippen LogP contribution >= 0.6 is 0 Å². The minimum absolute atomic E-state index is 0.000466. The van der Waals surface area contributed by atoms with E-state index in [9.17, 15) is 31.9 Å². The Labute approximate surface area is 232 Å². The number of aromatic nitrogens is 1. The highest BCUT2D eigenvalue weighted by atomic mass is 19.1. The van der Waals surface area contributed by atoms with E-state index in [2.05, 4.69) is 15.6 Å². The molecule has 1 atom stereocenters. The Kier molecular flexibility index (Phi) is 10.0. The van der Waals surface area contributed by atoms with Gasteiger partial charge < -0.3 is 24.8 Å². The number of halogens is 4. The number of allylic oxidation sites excluding steroid dienone is 1. The molecule has 2 aromatic carbocycles. The number of hydrogen-bond acceptors (Lipinski definition) is 7. The highest BCUT2D eigenvalue weighted by molar-refractivity contribution is 5.99. The van der Waals surface area contributed by atoms with Crippen molar-refractivity contribution in [3.63, 3.8) is 0 Å². The average Bonchev–Trinajstić information content (AvgIpc) is 2.87. The minimum atomic E-state index is -1.25. The first-order valence-electron chi connectivity index (χ1n) is 12.1. The lowest BCUT2D eigenvalue weighted by atomic mass is 9.95. The lowest BCUT2D eigenvalue weighted by Crippen LogP contribution is -2.44. The third-order valence-corrected chi connectivity index (χ3v) is 5.48. The molecule has 1 aromatic heterocycles. The van der Waals surface area contributed by atoms with Crippen molar-refractivity contribution in [1.29, 1.82) is 0 Å². The lowest BCUT2D eigenvalue weighted by molar-refractivity contribution is -0.121. The number of ether oxygens (including phenoxy) is 3. The molecule has 0 spiro atoms. The quantitative estimate of drug-likeness (QED) is 0.276. The fourth-order valence-electron chi connectivity index (χ4n) is 3.76. The van der Waals surface area contributed by atoms with Gasteiger partial charge in [0.1, 0.15) is 29.3 Å². The largest absolute Gasteiger partial charge is 0.514 e. The number of nitrogens with zero attached hydrogens (tertiary/aromatic N) is 1. The van der Waals surface area contributed by atoms with Gasteiger partial charge in [0.2, 0.25) is 11.7 Å². The van der Waals surface area contributed by atoms with E-state index in [1.54, 1.807) is 6.92 Å². The molecule has 0 aliphatic carbocycles. The molecule has 216 valence electrons. The van der Waals surface area contributed by atoms with Crippen molar-refractivity contribution < 1.29 is 46.2 Å². The average molecular weight is 576 g/mol. The van der Waals surface area contributed by atoms with Crippen LogP contribution in [0.3, 0.4) is 0 Å². The molecule has 0 unspecified atom stereocenters. The van der Waals surface area contributed by atoms with Crippen LogP contribution in [0.15, 0.2) is 54.4 Å². The number of rotatable bonds is 9. The van der Waals surface area contributed by atoms with E-state index in [-0.39, 0.29) is 40.5 Å². The van der Waals surface area contributed by atoms with Crippen LogP contribution in [0.25, 0.3) is 5.57 Å². The van der Waals surface area contributed by atoms with E-state index in [0.29, 0.717) is 12.1 Å². The topological polar surface area (TPSA) is 116 Å². The van der Waals surface area contributed by atoms with Crippen LogP contribution in [-0.2, 0) is 9.53 Å². The Hall–Kier alpha value is -4.94. The van der Waals surface area contributed by atoms with Gasteiger partial charge in [0.25, 0.3) is 5.91 Å². The SMILES string of the molecule is CCOC(=O)Oc1c(OC)ccnc1C(=O)N[C@@H](C)C(=O)NC(C)=C(c1cc(F)cc(F)c1)c1cc(F)cc(F)c1. The number of pyridine rings is 1. The van der Waals surface area contributed by atoms with Gasteiger partial charge in [0.05, 0.1) is 13.7 Å². The fraction of sp³-hybridized carbons (Fsp3) is 0.214. The second-order valence-corrected chi connectivity index (χ2v) is 8.48. The van der Waals surface area contributed by atoms with E-state index in [4.69, 9.17) is 14.2 Å². The Balaban J connectivity index is 1.92. The summed E-state index contributed by atoms with van der Waals surface area (Å²) in [5, 5.41) is 4.87. The van der Waals surface area contributed by atoms with Gasteiger partial charge in [-0.05, 0) is 56.2 Å². The third-order valence-electron chi connectivity index (χ3n) is 5.48. The summed E-state index contributed by atoms with van der Waals surface area (Å²) < 4.78 is 71.0. The lowest BCUT2D eigenvalue weighted by Gasteiger charge is -2.19. The van der Waals surface area contributed by atoms with E-state index in [1.807, 2.05) is 0 Å². The van der Waals surface area contributed by atoms with Crippen molar-refractivity contribution in [3.8, 4) is 11.5 Å². The minimum Gasteiger partial charge on any atom is -0.493 e. The van der Waals surface area contributed by atoms with Crippen LogP contribution in [0.5, 0.6) is 11.5 Å². The number of nitrogens with one attached hydrogen (secondary N) is 2. The van der Waals surface area contributed by atoms with Crippen molar-refractivity contribution in [2.75, 3.05) is 13.7 Å². The molecule has 2 N–H and O–H groups in total. The first-order chi connectivity index (χ1) is 19.4. The van der Waals surface area contributed by atoms with Crippen molar-refractivity contribution in [1.82, 2.24) is 15.6 Å². The number of carbonyl (C=O) groups is 3. The zero-order chi connectivity index (χ0) is 30.3. The van der Waals surface area contributed by atoms with Crippen molar-refractivity contribution in [3.05, 3.63) is 94.4 Å². The molecule has 0 saturated heterocycles. The van der Waals surface area contributed by atoms with Crippen LogP contribution < -0.4 is 20.1 Å². The first-order valence-corrected chi connectivity index (χ1v) is 12.1. The summed E-state index contributed by atoms with van der Waals surface area (Å²) in [6.45, 7) is 4.21. The third kappa shape index (κ3) is 7.81. The maximum Gasteiger partial charge on any atom is 0.514 e. The van der Waals surface area contributed by atoms with E-state index >= 15 is 0 Å². The van der Waals surface area contributed by atoms with Gasteiger partial charge in [-0.15, -0.1) is 0 Å². The highest BCUT2D eigenvalue weighted by Crippen LogP contribution is 2.31. The predicted octanol–water partition coefficient (Wildman–Crippen LogP) is 4.90. The predicted molar refractivity (Wildman–Crippen MR) is 138 cm³/mol. The van der Waals surface area contributed by atoms with E-state index in [1.165, 1.54) is 33.2 Å². The Morgan fingerprint density at radius 3 is 1.95 bits per heavy atom. The number of hydrogen-bond donors (Lipinski definition) is 2. The zero-order valence-electron chi connectivity index (χ0n) is 22.3. The molecule has 0 fully saturated rings. The van der Waals surface area contributed by atoms with Crippen LogP contribution in [0.2, 0.25) is 0 Å². The molecule has 2 amide bonds. The van der Waals surface area contributed by atoms with Gasteiger partial charge in [0, 0.05) is 35.7 Å². The molecule has 3 aromatic rings. The molecule has 0 aliphatic rings. The maximum absolute atomic E-state index is 14.0.